The van der Waals surface area contributed by atoms with Crippen LogP contribution in [0.15, 0.2) is 24.5 Å². The number of ether oxygens (including phenoxy) is 1. The lowest BCUT2D eigenvalue weighted by atomic mass is 10.1. The Kier molecular flexibility index (Phi) is 1.51. The van der Waals surface area contributed by atoms with Gasteiger partial charge in [0, 0.05) is 23.2 Å². The van der Waals surface area contributed by atoms with Crippen LogP contribution in [0.4, 0.5) is 4.39 Å². The first kappa shape index (κ1) is 6.19. The van der Waals surface area contributed by atoms with Gasteiger partial charge in [0.05, 0.1) is 16.2 Å². The molecule has 4 heteroatoms. The standard InChI is InChI=1S/C10H7ClFNO/c1-14-10-6-2-3-13-5-7(6)8(11)4-9(10)12/h2-5H,1H3/i1D3. The monoisotopic (exact) mass is 214 g/mol. The fourth-order valence-corrected chi connectivity index (χ4v) is 1.52. The fourth-order valence-electron chi connectivity index (χ4n) is 1.27. The molecule has 0 fully saturated rings. The minimum Gasteiger partial charge on any atom is -0.493 e. The van der Waals surface area contributed by atoms with E-state index in [1.807, 2.05) is 0 Å². The van der Waals surface area contributed by atoms with Crippen LogP contribution in [0.25, 0.3) is 10.8 Å². The number of rotatable bonds is 1. The Bertz CT molecular complexity index is 573. The van der Waals surface area contributed by atoms with Crippen molar-refractivity contribution in [2.45, 2.75) is 0 Å². The second-order valence-electron chi connectivity index (χ2n) is 2.69. The fraction of sp³-hybridized carbons (Fsp3) is 0.100. The van der Waals surface area contributed by atoms with E-state index in [4.69, 9.17) is 15.7 Å². The number of fused-ring (bicyclic) bond motifs is 1. The van der Waals surface area contributed by atoms with E-state index in [2.05, 4.69) is 9.72 Å². The van der Waals surface area contributed by atoms with Crippen molar-refractivity contribution in [3.8, 4) is 5.75 Å². The second-order valence-corrected chi connectivity index (χ2v) is 3.10. The van der Waals surface area contributed by atoms with Crippen LogP contribution in [0.1, 0.15) is 4.11 Å². The summed E-state index contributed by atoms with van der Waals surface area (Å²) in [6.45, 7) is 0. The summed E-state index contributed by atoms with van der Waals surface area (Å²) in [6.07, 6.45) is 2.83. The number of pyridine rings is 1. The third-order valence-electron chi connectivity index (χ3n) is 1.90. The van der Waals surface area contributed by atoms with Crippen molar-refractivity contribution in [1.82, 2.24) is 4.98 Å². The molecule has 2 rings (SSSR count). The molecule has 0 bridgehead atoms. The van der Waals surface area contributed by atoms with Crippen LogP contribution in [-0.2, 0) is 0 Å². The Labute approximate surface area is 89.5 Å². The Morgan fingerprint density at radius 2 is 2.43 bits per heavy atom. The Balaban J connectivity index is 2.69. The van der Waals surface area contributed by atoms with Gasteiger partial charge in [0.25, 0.3) is 0 Å². The predicted octanol–water partition coefficient (Wildman–Crippen LogP) is 3.04. The number of methoxy groups -OCH3 is 1. The second kappa shape index (κ2) is 3.42. The van der Waals surface area contributed by atoms with Crippen molar-refractivity contribution in [3.63, 3.8) is 0 Å². The largest absolute Gasteiger partial charge is 0.493 e. The van der Waals surface area contributed by atoms with Crippen LogP contribution < -0.4 is 4.74 Å². The zero-order valence-electron chi connectivity index (χ0n) is 9.92. The molecule has 2 nitrogen and oxygen atoms in total. The average molecular weight is 215 g/mol. The van der Waals surface area contributed by atoms with Gasteiger partial charge in [-0.15, -0.1) is 0 Å². The molecule has 1 aromatic heterocycles. The quantitative estimate of drug-likeness (QED) is 0.728. The maximum Gasteiger partial charge on any atom is 0.167 e. The maximum atomic E-state index is 13.6. The van der Waals surface area contributed by atoms with E-state index in [0.29, 0.717) is 5.39 Å². The average Bonchev–Trinajstić information content (AvgIpc) is 2.23. The first-order valence-electron chi connectivity index (χ1n) is 5.29. The van der Waals surface area contributed by atoms with Crippen molar-refractivity contribution in [1.29, 1.82) is 0 Å². The molecule has 0 saturated carbocycles. The summed E-state index contributed by atoms with van der Waals surface area (Å²) in [4.78, 5) is 3.84. The van der Waals surface area contributed by atoms with E-state index in [1.165, 1.54) is 18.5 Å². The first-order chi connectivity index (χ1) is 7.88. The molecule has 0 aliphatic rings. The van der Waals surface area contributed by atoms with Crippen molar-refractivity contribution >= 4 is 22.4 Å². The highest BCUT2D eigenvalue weighted by atomic mass is 35.5. The van der Waals surface area contributed by atoms with Crippen LogP contribution in [0.2, 0.25) is 5.02 Å². The van der Waals surface area contributed by atoms with Gasteiger partial charge in [-0.3, -0.25) is 4.98 Å². The Morgan fingerprint density at radius 3 is 3.21 bits per heavy atom. The Hall–Kier alpha value is -1.35. The van der Waals surface area contributed by atoms with E-state index in [0.717, 1.165) is 6.07 Å². The van der Waals surface area contributed by atoms with E-state index < -0.39 is 12.9 Å². The molecule has 0 amide bonds. The van der Waals surface area contributed by atoms with Gasteiger partial charge in [0.1, 0.15) is 0 Å². The Morgan fingerprint density at radius 1 is 1.57 bits per heavy atom. The molecule has 0 radical (unpaired) electrons. The molecule has 0 atom stereocenters. The number of benzene rings is 1. The van der Waals surface area contributed by atoms with Crippen molar-refractivity contribution in [2.24, 2.45) is 0 Å². The molecule has 0 spiro atoms. The number of nitrogens with zero attached hydrogens (tertiary/aromatic N) is 1. The minimum atomic E-state index is -2.72. The van der Waals surface area contributed by atoms with Gasteiger partial charge < -0.3 is 4.74 Å². The van der Waals surface area contributed by atoms with E-state index >= 15 is 0 Å². The van der Waals surface area contributed by atoms with Gasteiger partial charge in [0.2, 0.25) is 0 Å². The third-order valence-corrected chi connectivity index (χ3v) is 2.21. The van der Waals surface area contributed by atoms with Crippen LogP contribution in [0.5, 0.6) is 5.75 Å². The minimum absolute atomic E-state index is 0.156. The van der Waals surface area contributed by atoms with E-state index in [-0.39, 0.29) is 16.2 Å². The summed E-state index contributed by atoms with van der Waals surface area (Å²) in [6, 6.07) is 2.46. The summed E-state index contributed by atoms with van der Waals surface area (Å²) < 4.78 is 39.2. The predicted molar refractivity (Wildman–Crippen MR) is 53.3 cm³/mol. The lowest BCUT2D eigenvalue weighted by Crippen LogP contribution is -1.90. The summed E-state index contributed by atoms with van der Waals surface area (Å²) in [5.41, 5.74) is 0. The zero-order chi connectivity index (χ0) is 12.6. The zero-order valence-corrected chi connectivity index (χ0v) is 7.68. The molecule has 0 aliphatic heterocycles. The highest BCUT2D eigenvalue weighted by Crippen LogP contribution is 2.33. The SMILES string of the molecule is [2H]C([2H])([2H])Oc1c(F)cc(Cl)c2cnccc12. The number of aromatic nitrogens is 1. The molecule has 0 saturated heterocycles. The van der Waals surface area contributed by atoms with Gasteiger partial charge >= 0.3 is 0 Å². The van der Waals surface area contributed by atoms with E-state index in [9.17, 15) is 4.39 Å². The normalized spacial score (nSPS) is 14.6. The highest BCUT2D eigenvalue weighted by molar-refractivity contribution is 6.35. The summed E-state index contributed by atoms with van der Waals surface area (Å²) in [5, 5.41) is 0.874. The van der Waals surface area contributed by atoms with Gasteiger partial charge in [-0.2, -0.15) is 0 Å². The van der Waals surface area contributed by atoms with Crippen LogP contribution in [0.3, 0.4) is 0 Å². The molecule has 0 N–H and O–H groups in total. The lowest BCUT2D eigenvalue weighted by molar-refractivity contribution is 0.392. The molecule has 0 aliphatic carbocycles. The van der Waals surface area contributed by atoms with Crippen LogP contribution >= 0.6 is 11.6 Å². The van der Waals surface area contributed by atoms with E-state index in [1.54, 1.807) is 0 Å². The molecule has 1 aromatic carbocycles. The van der Waals surface area contributed by atoms with Crippen molar-refractivity contribution < 1.29 is 13.2 Å². The summed E-state index contributed by atoms with van der Waals surface area (Å²) >= 11 is 5.83. The number of hydrogen-bond donors (Lipinski definition) is 0. The van der Waals surface area contributed by atoms with Gasteiger partial charge in [0.15, 0.2) is 11.6 Å². The summed E-state index contributed by atoms with van der Waals surface area (Å²) in [7, 11) is -2.72. The molecule has 0 unspecified atom stereocenters. The molecule has 1 heterocycles. The maximum absolute atomic E-state index is 13.6. The van der Waals surface area contributed by atoms with Crippen LogP contribution in [0, 0.1) is 5.82 Å². The third kappa shape index (κ3) is 1.30. The molecule has 2 aromatic rings. The van der Waals surface area contributed by atoms with Crippen molar-refractivity contribution in [2.75, 3.05) is 7.04 Å². The summed E-state index contributed by atoms with van der Waals surface area (Å²) in [5.74, 6) is -1.16. The molecular formula is C10H7ClFNO. The molecule has 14 heavy (non-hydrogen) atoms. The molecule has 72 valence electrons. The van der Waals surface area contributed by atoms with Gasteiger partial charge in [-0.05, 0) is 12.1 Å². The number of halogens is 2. The topological polar surface area (TPSA) is 22.1 Å². The molecular weight excluding hydrogens is 205 g/mol. The van der Waals surface area contributed by atoms with Gasteiger partial charge in [-0.25, -0.2) is 4.39 Å². The lowest BCUT2D eigenvalue weighted by Gasteiger charge is -2.07. The van der Waals surface area contributed by atoms with Crippen LogP contribution in [-0.4, -0.2) is 12.0 Å². The number of hydrogen-bond acceptors (Lipinski definition) is 2. The highest BCUT2D eigenvalue weighted by Gasteiger charge is 2.10. The first-order valence-corrected chi connectivity index (χ1v) is 4.17. The van der Waals surface area contributed by atoms with Gasteiger partial charge in [-0.1, -0.05) is 11.6 Å². The van der Waals surface area contributed by atoms with Crippen molar-refractivity contribution in [3.05, 3.63) is 35.4 Å². The smallest absolute Gasteiger partial charge is 0.167 e.